The molecule has 2 saturated carbocycles. The van der Waals surface area contributed by atoms with Gasteiger partial charge in [-0.25, -0.2) is 18.1 Å². The van der Waals surface area contributed by atoms with Crippen LogP contribution >= 0.6 is 11.3 Å². The fourth-order valence-corrected chi connectivity index (χ4v) is 15.3. The molecule has 0 unspecified atom stereocenters. The summed E-state index contributed by atoms with van der Waals surface area (Å²) < 4.78 is 54.3. The maximum absolute atomic E-state index is 14.8. The van der Waals surface area contributed by atoms with Crippen molar-refractivity contribution in [2.75, 3.05) is 81.8 Å². The summed E-state index contributed by atoms with van der Waals surface area (Å²) in [7, 11) is -1.40. The number of nitro benzene ring substituents is 1. The van der Waals surface area contributed by atoms with Crippen LogP contribution in [-0.2, 0) is 21.3 Å². The van der Waals surface area contributed by atoms with Gasteiger partial charge in [-0.1, -0.05) is 0 Å². The lowest BCUT2D eigenvalue weighted by atomic mass is 9.59. The number of ether oxygens (including phenoxy) is 4. The molecule has 80 heavy (non-hydrogen) atoms. The van der Waals surface area contributed by atoms with Crippen molar-refractivity contribution in [2.45, 2.75) is 113 Å². The SMILES string of the molecule is COc1cc(CN2CCN(C3CC4(CCN(c5ccc(C(=O)NS(=O)(=O)c6ccc(NCC7CCC(C)(O)CC7)c([N+](=O)[O-])c6)c(N6c7cc8cc[nH]c8nc7O[C@H]7COCC[C@@H]76)c5)CC4)C3)[C@@H](c3cscc3C)C2)cnc1OC. The van der Waals surface area contributed by atoms with Crippen LogP contribution in [0.4, 0.5) is 28.4 Å². The first-order valence-electron chi connectivity index (χ1n) is 27.9. The highest BCUT2D eigenvalue weighted by Gasteiger charge is 2.50. The van der Waals surface area contributed by atoms with Crippen LogP contribution in [0, 0.1) is 28.4 Å². The number of sulfonamides is 1. The number of rotatable bonds is 15. The van der Waals surface area contributed by atoms with E-state index in [9.17, 15) is 28.4 Å². The number of aromatic amines is 1. The molecule has 0 bridgehead atoms. The second kappa shape index (κ2) is 21.7. The van der Waals surface area contributed by atoms with Crippen LogP contribution in [0.25, 0.3) is 11.0 Å². The molecule has 6 aromatic rings. The van der Waals surface area contributed by atoms with Crippen molar-refractivity contribution in [1.82, 2.24) is 29.5 Å². The van der Waals surface area contributed by atoms with Crippen molar-refractivity contribution < 1.29 is 42.2 Å². The molecule has 1 amide bonds. The summed E-state index contributed by atoms with van der Waals surface area (Å²) in [5.41, 5.74) is 5.84. The molecule has 4 N–H and O–H groups in total. The number of methoxy groups -OCH3 is 2. The minimum absolute atomic E-state index is 0.107. The third-order valence-corrected chi connectivity index (χ3v) is 20.2. The Kier molecular flexibility index (Phi) is 14.7. The Hall–Kier alpha value is -6.56. The van der Waals surface area contributed by atoms with E-state index in [2.05, 4.69) is 57.3 Å². The van der Waals surface area contributed by atoms with Gasteiger partial charge in [-0.15, -0.1) is 0 Å². The quantitative estimate of drug-likeness (QED) is 0.0556. The Labute approximate surface area is 470 Å². The van der Waals surface area contributed by atoms with Crippen LogP contribution in [0.2, 0.25) is 0 Å². The zero-order chi connectivity index (χ0) is 55.5. The van der Waals surface area contributed by atoms with E-state index in [0.717, 1.165) is 100 Å². The predicted molar refractivity (Wildman–Crippen MR) is 305 cm³/mol. The Bertz CT molecular complexity index is 3400. The highest BCUT2D eigenvalue weighted by Crippen LogP contribution is 2.54. The summed E-state index contributed by atoms with van der Waals surface area (Å²) in [5, 5.41) is 31.4. The molecule has 424 valence electrons. The molecule has 4 aliphatic heterocycles. The number of piperidine rings is 1. The third kappa shape index (κ3) is 10.6. The van der Waals surface area contributed by atoms with Gasteiger partial charge in [0.15, 0.2) is 5.75 Å². The number of carbonyl (C=O) groups excluding carboxylic acids is 1. The van der Waals surface area contributed by atoms with Crippen LogP contribution in [0.3, 0.4) is 0 Å². The fraction of sp³-hybridized carbons (Fsp3) is 0.500. The van der Waals surface area contributed by atoms with Gasteiger partial charge in [0.25, 0.3) is 27.5 Å². The normalized spacial score (nSPS) is 24.4. The van der Waals surface area contributed by atoms with E-state index in [4.69, 9.17) is 23.9 Å². The highest BCUT2D eigenvalue weighted by molar-refractivity contribution is 7.90. The molecule has 6 aliphatic rings. The maximum atomic E-state index is 14.8. The molecule has 5 fully saturated rings. The summed E-state index contributed by atoms with van der Waals surface area (Å²) in [6, 6.07) is 15.6. The fourth-order valence-electron chi connectivity index (χ4n) is 13.4. The molecular formula is C58H70N10O10S2. The lowest BCUT2D eigenvalue weighted by Crippen LogP contribution is -2.59. The van der Waals surface area contributed by atoms with Crippen molar-refractivity contribution >= 4 is 66.7 Å². The molecule has 4 aromatic heterocycles. The van der Waals surface area contributed by atoms with E-state index in [-0.39, 0.29) is 34.7 Å². The number of aliphatic hydroxyl groups is 1. The van der Waals surface area contributed by atoms with Crippen molar-refractivity contribution in [3.63, 3.8) is 0 Å². The third-order valence-electron chi connectivity index (χ3n) is 18.0. The second-order valence-electron chi connectivity index (χ2n) is 23.2. The number of hydrogen-bond acceptors (Lipinski definition) is 18. The Morgan fingerprint density at radius 3 is 2.55 bits per heavy atom. The maximum Gasteiger partial charge on any atom is 0.293 e. The number of thiophene rings is 1. The topological polar surface area (TPSA) is 230 Å². The van der Waals surface area contributed by atoms with Gasteiger partial charge in [0.05, 0.1) is 53.5 Å². The number of fused-ring (bicyclic) bond motifs is 3. The van der Waals surface area contributed by atoms with E-state index in [1.165, 1.54) is 23.3 Å². The second-order valence-corrected chi connectivity index (χ2v) is 25.6. The molecule has 3 saturated heterocycles. The van der Waals surface area contributed by atoms with Gasteiger partial charge < -0.3 is 44.2 Å². The van der Waals surface area contributed by atoms with Gasteiger partial charge in [0.1, 0.15) is 23.1 Å². The van der Waals surface area contributed by atoms with Crippen LogP contribution in [-0.4, -0.2) is 140 Å². The number of aryl methyl sites for hydroxylation is 1. The smallest absolute Gasteiger partial charge is 0.293 e. The van der Waals surface area contributed by atoms with Gasteiger partial charge in [-0.05, 0) is 159 Å². The average molecular weight is 1130 g/mol. The van der Waals surface area contributed by atoms with Gasteiger partial charge >= 0.3 is 0 Å². The number of nitrogens with one attached hydrogen (secondary N) is 3. The van der Waals surface area contributed by atoms with Crippen molar-refractivity contribution in [1.29, 1.82) is 0 Å². The van der Waals surface area contributed by atoms with Crippen LogP contribution in [0.5, 0.6) is 17.5 Å². The monoisotopic (exact) mass is 1130 g/mol. The van der Waals surface area contributed by atoms with Crippen LogP contribution < -0.4 is 34.0 Å². The zero-order valence-electron chi connectivity index (χ0n) is 45.7. The number of hydrogen-bond donors (Lipinski definition) is 4. The number of carbonyl (C=O) groups is 1. The number of nitro groups is 1. The summed E-state index contributed by atoms with van der Waals surface area (Å²) in [6.45, 7) is 10.4. The van der Waals surface area contributed by atoms with Gasteiger partial charge in [-0.2, -0.15) is 16.3 Å². The first kappa shape index (κ1) is 54.0. The summed E-state index contributed by atoms with van der Waals surface area (Å²) in [6.07, 6.45) is 10.9. The van der Waals surface area contributed by atoms with Gasteiger partial charge in [-0.3, -0.25) is 24.7 Å². The number of H-pyrrole nitrogens is 1. The number of anilines is 4. The lowest BCUT2D eigenvalue weighted by molar-refractivity contribution is -0.384. The molecule has 2 aromatic carbocycles. The van der Waals surface area contributed by atoms with Gasteiger partial charge in [0, 0.05) is 94.0 Å². The standard InChI is InChI=1S/C58H70N10O10S2/c1-36-34-79-35-44(36)50-32-64(31-38-23-51(75-3)56(76-4)61-30-38)20-21-66(50)41-27-58(28-41)15-18-65(19-16-58)40-5-7-43(47(25-40)67-46-12-22-77-33-52(46)78-55-49(67)24-39-11-17-59-53(39)62-55)54(69)63-80(73,74)42-6-8-45(48(26-42)68(71)72)60-29-37-9-13-57(2,70)14-10-37/h5-8,11,17,23-26,30,34-35,37,41,46,50,52,60,70H,9-10,12-16,18-22,27-29,31-33H2,1-4H3,(H,59,62)(H,63,69)/t37?,46-,50+,52-,57?/m0/s1. The molecule has 2 aliphatic carbocycles. The molecule has 1 spiro atoms. The minimum atomic E-state index is -4.64. The Morgan fingerprint density at radius 2 is 1.80 bits per heavy atom. The number of amides is 1. The Balaban J connectivity index is 0.787. The summed E-state index contributed by atoms with van der Waals surface area (Å²) in [4.78, 5) is 48.5. The van der Waals surface area contributed by atoms with E-state index in [0.29, 0.717) is 79.6 Å². The molecule has 0 radical (unpaired) electrons. The van der Waals surface area contributed by atoms with E-state index in [1.807, 2.05) is 49.6 Å². The first-order valence-corrected chi connectivity index (χ1v) is 30.3. The van der Waals surface area contributed by atoms with E-state index < -0.39 is 43.1 Å². The lowest BCUT2D eigenvalue weighted by Gasteiger charge is -2.58. The molecular weight excluding hydrogens is 1060 g/mol. The van der Waals surface area contributed by atoms with E-state index in [1.54, 1.807) is 31.6 Å². The summed E-state index contributed by atoms with van der Waals surface area (Å²) in [5.74, 6) is 0.779. The number of nitrogens with zero attached hydrogens (tertiary/aromatic N) is 7. The van der Waals surface area contributed by atoms with Gasteiger partial charge in [0.2, 0.25) is 5.88 Å². The number of piperazine rings is 1. The number of pyridine rings is 2. The largest absolute Gasteiger partial charge is 0.491 e. The highest BCUT2D eigenvalue weighted by atomic mass is 32.2. The zero-order valence-corrected chi connectivity index (χ0v) is 47.3. The molecule has 3 atom stereocenters. The van der Waals surface area contributed by atoms with Crippen LogP contribution in [0.15, 0.2) is 82.6 Å². The Morgan fingerprint density at radius 1 is 0.988 bits per heavy atom. The molecule has 8 heterocycles. The molecule has 20 nitrogen and oxygen atoms in total. The molecule has 12 rings (SSSR count). The number of aromatic nitrogens is 3. The average Bonchev–Trinajstić information content (AvgIpc) is 4.14. The predicted octanol–water partition coefficient (Wildman–Crippen LogP) is 8.72. The summed E-state index contributed by atoms with van der Waals surface area (Å²) >= 11 is 1.77. The first-order chi connectivity index (χ1) is 38.6. The van der Waals surface area contributed by atoms with E-state index >= 15 is 0 Å². The van der Waals surface area contributed by atoms with Crippen molar-refractivity contribution in [3.8, 4) is 17.5 Å². The minimum Gasteiger partial charge on any atom is -0.491 e. The van der Waals surface area contributed by atoms with Crippen molar-refractivity contribution in [3.05, 3.63) is 110 Å². The number of benzene rings is 2. The van der Waals surface area contributed by atoms with Crippen molar-refractivity contribution in [2.24, 2.45) is 11.3 Å². The molecule has 22 heteroatoms. The van der Waals surface area contributed by atoms with Crippen LogP contribution in [0.1, 0.15) is 97.8 Å².